The molecular formula is C20H21N3O6S. The highest BCUT2D eigenvalue weighted by atomic mass is 32.2. The lowest BCUT2D eigenvalue weighted by molar-refractivity contribution is 0.302. The average molecular weight is 431 g/mol. The van der Waals surface area contributed by atoms with Gasteiger partial charge in [0.1, 0.15) is 5.69 Å². The van der Waals surface area contributed by atoms with E-state index < -0.39 is 26.5 Å². The third kappa shape index (κ3) is 4.20. The summed E-state index contributed by atoms with van der Waals surface area (Å²) in [5.41, 5.74) is 0.537. The van der Waals surface area contributed by atoms with E-state index in [-0.39, 0.29) is 29.9 Å². The summed E-state index contributed by atoms with van der Waals surface area (Å²) in [4.78, 5) is 1.23. The van der Waals surface area contributed by atoms with Crippen molar-refractivity contribution in [2.45, 2.75) is 11.8 Å². The second-order valence-electron chi connectivity index (χ2n) is 6.42. The molecule has 0 saturated heterocycles. The minimum atomic E-state index is -4.52. The molecule has 0 unspecified atom stereocenters. The van der Waals surface area contributed by atoms with Crippen LogP contribution in [0.25, 0.3) is 10.8 Å². The lowest BCUT2D eigenvalue weighted by Crippen LogP contribution is -2.26. The molecule has 3 aromatic carbocycles. The maximum Gasteiger partial charge on any atom is 0.294 e. The number of azo groups is 1. The fourth-order valence-corrected chi connectivity index (χ4v) is 3.64. The quantitative estimate of drug-likeness (QED) is 0.253. The Kier molecular flexibility index (Phi) is 6.20. The Labute approximate surface area is 173 Å². The fourth-order valence-electron chi connectivity index (χ4n) is 3.14. The molecule has 0 aromatic heterocycles. The number of hydrogen-bond acceptors (Lipinski definition) is 8. The second-order valence-corrected chi connectivity index (χ2v) is 7.84. The molecule has 0 atom stereocenters. The van der Waals surface area contributed by atoms with Crippen LogP contribution in [-0.4, -0.2) is 48.0 Å². The molecule has 0 aliphatic carbocycles. The minimum absolute atomic E-state index is 0.152. The Morgan fingerprint density at radius 1 is 0.967 bits per heavy atom. The maximum atomic E-state index is 11.6. The topological polar surface area (TPSA) is 143 Å². The third-order valence-corrected chi connectivity index (χ3v) is 5.41. The molecule has 3 aromatic rings. The van der Waals surface area contributed by atoms with E-state index >= 15 is 0 Å². The van der Waals surface area contributed by atoms with Crippen LogP contribution in [0, 0.1) is 0 Å². The summed E-state index contributed by atoms with van der Waals surface area (Å²) >= 11 is 0. The summed E-state index contributed by atoms with van der Waals surface area (Å²) in [5.74, 6) is -1.07. The smallest absolute Gasteiger partial charge is 0.294 e. The van der Waals surface area contributed by atoms with Gasteiger partial charge in [-0.05, 0) is 31.2 Å². The van der Waals surface area contributed by atoms with E-state index in [0.29, 0.717) is 17.6 Å². The van der Waals surface area contributed by atoms with Gasteiger partial charge in [0, 0.05) is 23.9 Å². The first-order valence-electron chi connectivity index (χ1n) is 9.09. The lowest BCUT2D eigenvalue weighted by atomic mass is 10.0. The number of phenolic OH excluding ortho intramolecular Hbond substituents is 2. The first kappa shape index (κ1) is 21.5. The molecule has 0 aliphatic rings. The van der Waals surface area contributed by atoms with Gasteiger partial charge in [0.15, 0.2) is 11.5 Å². The zero-order chi connectivity index (χ0) is 21.9. The Morgan fingerprint density at radius 2 is 1.67 bits per heavy atom. The molecule has 3 rings (SSSR count). The van der Waals surface area contributed by atoms with Gasteiger partial charge in [-0.2, -0.15) is 13.5 Å². The number of phenols is 2. The van der Waals surface area contributed by atoms with Crippen LogP contribution in [0.2, 0.25) is 0 Å². The van der Waals surface area contributed by atoms with Gasteiger partial charge in [-0.25, -0.2) is 0 Å². The molecule has 0 radical (unpaired) electrons. The monoisotopic (exact) mass is 431 g/mol. The Morgan fingerprint density at radius 3 is 2.27 bits per heavy atom. The zero-order valence-electron chi connectivity index (χ0n) is 16.1. The van der Waals surface area contributed by atoms with Crippen molar-refractivity contribution < 1.29 is 28.3 Å². The van der Waals surface area contributed by atoms with Crippen LogP contribution in [0.5, 0.6) is 11.5 Å². The molecule has 158 valence electrons. The number of rotatable bonds is 7. The molecule has 10 heteroatoms. The van der Waals surface area contributed by atoms with Gasteiger partial charge in [-0.15, -0.1) is 5.11 Å². The van der Waals surface area contributed by atoms with Gasteiger partial charge in [-0.1, -0.05) is 24.3 Å². The van der Waals surface area contributed by atoms with Crippen molar-refractivity contribution in [1.29, 1.82) is 0 Å². The Bertz CT molecular complexity index is 1200. The van der Waals surface area contributed by atoms with E-state index in [1.165, 1.54) is 12.1 Å². The van der Waals surface area contributed by atoms with E-state index in [9.17, 15) is 28.3 Å². The summed E-state index contributed by atoms with van der Waals surface area (Å²) in [6.45, 7) is 2.17. The van der Waals surface area contributed by atoms with E-state index in [2.05, 4.69) is 10.2 Å². The minimum Gasteiger partial charge on any atom is -0.503 e. The predicted octanol–water partition coefficient (Wildman–Crippen LogP) is 3.73. The van der Waals surface area contributed by atoms with Gasteiger partial charge < -0.3 is 20.2 Å². The highest BCUT2D eigenvalue weighted by molar-refractivity contribution is 7.85. The largest absolute Gasteiger partial charge is 0.503 e. The Balaban J connectivity index is 2.34. The summed E-state index contributed by atoms with van der Waals surface area (Å²) in [6, 6.07) is 12.4. The summed E-state index contributed by atoms with van der Waals surface area (Å²) < 4.78 is 32.7. The number of aliphatic hydroxyl groups excluding tert-OH is 1. The van der Waals surface area contributed by atoms with Gasteiger partial charge in [0.05, 0.1) is 22.9 Å². The summed E-state index contributed by atoms with van der Waals surface area (Å²) in [6.07, 6.45) is 0. The van der Waals surface area contributed by atoms with Crippen LogP contribution in [0.15, 0.2) is 63.7 Å². The molecule has 0 fully saturated rings. The van der Waals surface area contributed by atoms with Crippen LogP contribution in [0.1, 0.15) is 6.92 Å². The Hall–Kier alpha value is -3.21. The molecule has 0 bridgehead atoms. The van der Waals surface area contributed by atoms with Gasteiger partial charge in [0.25, 0.3) is 10.1 Å². The van der Waals surface area contributed by atoms with E-state index in [1.807, 2.05) is 0 Å². The van der Waals surface area contributed by atoms with E-state index in [1.54, 1.807) is 42.2 Å². The number of likely N-dealkylation sites (N-methyl/N-ethyl adjacent to an activating group) is 1. The van der Waals surface area contributed by atoms with Gasteiger partial charge in [-0.3, -0.25) is 4.55 Å². The summed E-state index contributed by atoms with van der Waals surface area (Å²) in [5, 5.41) is 39.3. The highest BCUT2D eigenvalue weighted by Crippen LogP contribution is 2.50. The van der Waals surface area contributed by atoms with Crippen molar-refractivity contribution in [2.75, 3.05) is 24.6 Å². The number of nitrogens with zero attached hydrogens (tertiary/aromatic N) is 3. The zero-order valence-corrected chi connectivity index (χ0v) is 16.9. The molecule has 0 spiro atoms. The molecule has 30 heavy (non-hydrogen) atoms. The molecule has 0 saturated carbocycles. The van der Waals surface area contributed by atoms with Crippen LogP contribution in [-0.2, 0) is 10.1 Å². The number of fused-ring (bicyclic) bond motifs is 1. The second kappa shape index (κ2) is 8.66. The predicted molar refractivity (Wildman–Crippen MR) is 113 cm³/mol. The molecular weight excluding hydrogens is 410 g/mol. The number of hydrogen-bond donors (Lipinski definition) is 4. The standard InChI is InChI=1S/C20H21N3O6S/c1-2-23(10-11-24)18-15-9-8-14(30(27,28)29)12-16(15)17(19(25)20(18)26)22-21-13-6-4-3-5-7-13/h3-9,12,24-26H,2,10-11H2,1H3,(H,27,28,29). The first-order valence-corrected chi connectivity index (χ1v) is 10.5. The normalized spacial score (nSPS) is 12.0. The van der Waals surface area contributed by atoms with Crippen LogP contribution in [0.4, 0.5) is 17.1 Å². The highest BCUT2D eigenvalue weighted by Gasteiger charge is 2.24. The van der Waals surface area contributed by atoms with Gasteiger partial charge >= 0.3 is 0 Å². The number of anilines is 1. The van der Waals surface area contributed by atoms with Crippen molar-refractivity contribution >= 4 is 38.0 Å². The molecule has 0 amide bonds. The number of benzene rings is 3. The average Bonchev–Trinajstić information content (AvgIpc) is 2.73. The lowest BCUT2D eigenvalue weighted by Gasteiger charge is -2.26. The number of aromatic hydroxyl groups is 2. The van der Waals surface area contributed by atoms with Crippen molar-refractivity contribution in [1.82, 2.24) is 0 Å². The SMILES string of the molecule is CCN(CCO)c1c(O)c(O)c(N=Nc2ccccc2)c2cc(S(=O)(=O)O)ccc12. The van der Waals surface area contributed by atoms with Crippen LogP contribution >= 0.6 is 0 Å². The molecule has 9 nitrogen and oxygen atoms in total. The van der Waals surface area contributed by atoms with E-state index in [4.69, 9.17) is 0 Å². The van der Waals surface area contributed by atoms with Crippen LogP contribution in [0.3, 0.4) is 0 Å². The summed E-state index contributed by atoms with van der Waals surface area (Å²) in [7, 11) is -4.52. The van der Waals surface area contributed by atoms with Crippen molar-refractivity contribution in [3.05, 3.63) is 48.5 Å². The van der Waals surface area contributed by atoms with Crippen molar-refractivity contribution in [3.8, 4) is 11.5 Å². The first-order chi connectivity index (χ1) is 14.3. The van der Waals surface area contributed by atoms with Crippen molar-refractivity contribution in [3.63, 3.8) is 0 Å². The molecule has 4 N–H and O–H groups in total. The van der Waals surface area contributed by atoms with Crippen molar-refractivity contribution in [2.24, 2.45) is 10.2 Å². The van der Waals surface area contributed by atoms with Crippen LogP contribution < -0.4 is 4.90 Å². The molecule has 0 aliphatic heterocycles. The third-order valence-electron chi connectivity index (χ3n) is 4.56. The van der Waals surface area contributed by atoms with Gasteiger partial charge in [0.2, 0.25) is 0 Å². The van der Waals surface area contributed by atoms with E-state index in [0.717, 1.165) is 6.07 Å². The fraction of sp³-hybridized carbons (Fsp3) is 0.200. The maximum absolute atomic E-state index is 11.6. The molecule has 0 heterocycles. The number of aliphatic hydroxyl groups is 1.